The minimum Gasteiger partial charge on any atom is -0.465 e. The van der Waals surface area contributed by atoms with Crippen LogP contribution in [0.25, 0.3) is 5.65 Å². The van der Waals surface area contributed by atoms with Crippen molar-refractivity contribution >= 4 is 23.2 Å². The van der Waals surface area contributed by atoms with Crippen LogP contribution < -0.4 is 5.32 Å². The zero-order valence-corrected chi connectivity index (χ0v) is 12.7. The Hall–Kier alpha value is -3.15. The Morgan fingerprint density at radius 1 is 1.22 bits per heavy atom. The predicted molar refractivity (Wildman–Crippen MR) is 85.7 cm³/mol. The number of carbonyl (C=O) groups is 2. The van der Waals surface area contributed by atoms with E-state index >= 15 is 0 Å². The molecule has 0 aliphatic rings. The van der Waals surface area contributed by atoms with Crippen LogP contribution >= 0.6 is 0 Å². The van der Waals surface area contributed by atoms with Crippen LogP contribution in [0.2, 0.25) is 0 Å². The van der Waals surface area contributed by atoms with Crippen LogP contribution in [0, 0.1) is 6.92 Å². The molecular weight excluding hydrogens is 294 g/mol. The molecule has 0 spiro atoms. The Labute approximate surface area is 132 Å². The minimum atomic E-state index is -0.500. The highest BCUT2D eigenvalue weighted by Crippen LogP contribution is 2.17. The van der Waals surface area contributed by atoms with E-state index in [-0.39, 0.29) is 5.91 Å². The molecule has 0 saturated heterocycles. The lowest BCUT2D eigenvalue weighted by Gasteiger charge is -2.09. The summed E-state index contributed by atoms with van der Waals surface area (Å²) >= 11 is 0. The molecule has 2 aromatic heterocycles. The third-order valence-corrected chi connectivity index (χ3v) is 3.42. The number of hydrogen-bond donors (Lipinski definition) is 1. The number of esters is 1. The van der Waals surface area contributed by atoms with E-state index in [0.717, 1.165) is 5.69 Å². The Morgan fingerprint density at radius 2 is 2.00 bits per heavy atom. The van der Waals surface area contributed by atoms with Crippen molar-refractivity contribution < 1.29 is 14.3 Å². The molecule has 23 heavy (non-hydrogen) atoms. The quantitative estimate of drug-likeness (QED) is 0.755. The smallest absolute Gasteiger partial charge is 0.339 e. The Balaban J connectivity index is 1.90. The molecule has 116 valence electrons. The van der Waals surface area contributed by atoms with Gasteiger partial charge < -0.3 is 14.5 Å². The molecular formula is C17H15N3O3. The fraction of sp³-hybridized carbons (Fsp3) is 0.118. The number of carbonyl (C=O) groups excluding carboxylic acids is 2. The van der Waals surface area contributed by atoms with Crippen molar-refractivity contribution in [1.29, 1.82) is 0 Å². The van der Waals surface area contributed by atoms with Crippen molar-refractivity contribution in [2.75, 3.05) is 12.4 Å². The van der Waals surface area contributed by atoms with Crippen LogP contribution in [-0.2, 0) is 4.74 Å². The summed E-state index contributed by atoms with van der Waals surface area (Å²) in [5.74, 6) is -0.815. The lowest BCUT2D eigenvalue weighted by atomic mass is 10.1. The number of pyridine rings is 1. The fourth-order valence-corrected chi connectivity index (χ4v) is 2.32. The van der Waals surface area contributed by atoms with Crippen LogP contribution in [0.1, 0.15) is 26.4 Å². The molecule has 6 nitrogen and oxygen atoms in total. The summed E-state index contributed by atoms with van der Waals surface area (Å²) in [6.45, 7) is 1.89. The molecule has 2 heterocycles. The second-order valence-corrected chi connectivity index (χ2v) is 5.05. The van der Waals surface area contributed by atoms with E-state index in [9.17, 15) is 9.59 Å². The summed E-state index contributed by atoms with van der Waals surface area (Å²) < 4.78 is 6.56. The Bertz CT molecular complexity index is 899. The summed E-state index contributed by atoms with van der Waals surface area (Å²) in [5, 5.41) is 2.74. The molecule has 3 rings (SSSR count). The number of methoxy groups -OCH3 is 1. The highest BCUT2D eigenvalue weighted by atomic mass is 16.5. The van der Waals surface area contributed by atoms with Gasteiger partial charge in [0.1, 0.15) is 5.65 Å². The summed E-state index contributed by atoms with van der Waals surface area (Å²) in [4.78, 5) is 28.5. The van der Waals surface area contributed by atoms with Gasteiger partial charge in [-0.25, -0.2) is 9.78 Å². The van der Waals surface area contributed by atoms with Crippen LogP contribution in [0.5, 0.6) is 0 Å². The largest absolute Gasteiger partial charge is 0.465 e. The topological polar surface area (TPSA) is 72.7 Å². The van der Waals surface area contributed by atoms with Gasteiger partial charge >= 0.3 is 5.97 Å². The second-order valence-electron chi connectivity index (χ2n) is 5.05. The van der Waals surface area contributed by atoms with Crippen LogP contribution in [0.3, 0.4) is 0 Å². The van der Waals surface area contributed by atoms with Crippen molar-refractivity contribution in [3.8, 4) is 0 Å². The summed E-state index contributed by atoms with van der Waals surface area (Å²) in [6, 6.07) is 10.1. The summed E-state index contributed by atoms with van der Waals surface area (Å²) in [6.07, 6.45) is 3.65. The molecule has 1 aromatic carbocycles. The molecule has 3 aromatic rings. The number of ether oxygens (including phenoxy) is 1. The number of hydrogen-bond acceptors (Lipinski definition) is 4. The SMILES string of the molecule is COC(=O)c1ccccc1NC(=O)c1ccn2cc(C)nc2c1. The molecule has 0 aliphatic heterocycles. The van der Waals surface area contributed by atoms with Gasteiger partial charge in [-0.2, -0.15) is 0 Å². The van der Waals surface area contributed by atoms with E-state index in [2.05, 4.69) is 10.3 Å². The van der Waals surface area contributed by atoms with Gasteiger partial charge in [-0.1, -0.05) is 12.1 Å². The molecule has 1 N–H and O–H groups in total. The molecule has 0 unspecified atom stereocenters. The fourth-order valence-electron chi connectivity index (χ4n) is 2.32. The average molecular weight is 309 g/mol. The molecule has 0 bridgehead atoms. The third-order valence-electron chi connectivity index (χ3n) is 3.42. The van der Waals surface area contributed by atoms with E-state index in [4.69, 9.17) is 4.74 Å². The maximum Gasteiger partial charge on any atom is 0.339 e. The standard InChI is InChI=1S/C17H15N3O3/c1-11-10-20-8-7-12(9-15(20)18-11)16(21)19-14-6-4-3-5-13(14)17(22)23-2/h3-10H,1-2H3,(H,19,21). The normalized spacial score (nSPS) is 10.5. The predicted octanol–water partition coefficient (Wildman–Crippen LogP) is 2.68. The van der Waals surface area contributed by atoms with Gasteiger partial charge in [0.05, 0.1) is 24.1 Å². The van der Waals surface area contributed by atoms with Gasteiger partial charge in [0.15, 0.2) is 0 Å². The third kappa shape index (κ3) is 2.91. The van der Waals surface area contributed by atoms with Gasteiger partial charge in [-0.3, -0.25) is 4.79 Å². The maximum absolute atomic E-state index is 12.4. The van der Waals surface area contributed by atoms with Crippen molar-refractivity contribution in [3.05, 3.63) is 65.6 Å². The van der Waals surface area contributed by atoms with Crippen molar-refractivity contribution in [2.24, 2.45) is 0 Å². The minimum absolute atomic E-state index is 0.307. The number of para-hydroxylation sites is 1. The Kier molecular flexibility index (Phi) is 3.80. The number of amides is 1. The van der Waals surface area contributed by atoms with Crippen LogP contribution in [0.15, 0.2) is 48.8 Å². The van der Waals surface area contributed by atoms with E-state index in [1.807, 2.05) is 17.5 Å². The number of imidazole rings is 1. The first-order valence-electron chi connectivity index (χ1n) is 7.02. The molecule has 6 heteroatoms. The molecule has 0 radical (unpaired) electrons. The van der Waals surface area contributed by atoms with Gasteiger partial charge in [0.2, 0.25) is 0 Å². The molecule has 0 saturated carbocycles. The van der Waals surface area contributed by atoms with Crippen molar-refractivity contribution in [1.82, 2.24) is 9.38 Å². The average Bonchev–Trinajstić information content (AvgIpc) is 2.93. The highest BCUT2D eigenvalue weighted by molar-refractivity contribution is 6.08. The number of anilines is 1. The lowest BCUT2D eigenvalue weighted by molar-refractivity contribution is 0.0602. The van der Waals surface area contributed by atoms with Gasteiger partial charge in [0, 0.05) is 18.0 Å². The van der Waals surface area contributed by atoms with Crippen molar-refractivity contribution in [2.45, 2.75) is 6.92 Å². The number of benzene rings is 1. The van der Waals surface area contributed by atoms with E-state index in [1.54, 1.807) is 42.6 Å². The molecule has 0 aliphatic carbocycles. The highest BCUT2D eigenvalue weighted by Gasteiger charge is 2.14. The molecule has 1 amide bonds. The zero-order chi connectivity index (χ0) is 16.4. The van der Waals surface area contributed by atoms with E-state index in [1.165, 1.54) is 7.11 Å². The number of nitrogens with one attached hydrogen (secondary N) is 1. The number of rotatable bonds is 3. The van der Waals surface area contributed by atoms with E-state index in [0.29, 0.717) is 22.5 Å². The van der Waals surface area contributed by atoms with Crippen LogP contribution in [-0.4, -0.2) is 28.4 Å². The number of fused-ring (bicyclic) bond motifs is 1. The zero-order valence-electron chi connectivity index (χ0n) is 12.7. The first kappa shape index (κ1) is 14.8. The first-order valence-corrected chi connectivity index (χ1v) is 7.02. The molecule has 0 fully saturated rings. The molecule has 0 atom stereocenters. The summed E-state index contributed by atoms with van der Waals surface area (Å²) in [5.41, 5.74) is 2.74. The maximum atomic E-state index is 12.4. The summed E-state index contributed by atoms with van der Waals surface area (Å²) in [7, 11) is 1.30. The van der Waals surface area contributed by atoms with Crippen molar-refractivity contribution in [3.63, 3.8) is 0 Å². The second kappa shape index (κ2) is 5.92. The van der Waals surface area contributed by atoms with Crippen LogP contribution in [0.4, 0.5) is 5.69 Å². The number of aryl methyl sites for hydroxylation is 1. The van der Waals surface area contributed by atoms with E-state index < -0.39 is 5.97 Å². The Morgan fingerprint density at radius 3 is 2.78 bits per heavy atom. The lowest BCUT2D eigenvalue weighted by Crippen LogP contribution is -2.15. The van der Waals surface area contributed by atoms with Gasteiger partial charge in [-0.15, -0.1) is 0 Å². The number of nitrogens with zero attached hydrogens (tertiary/aromatic N) is 2. The van der Waals surface area contributed by atoms with Gasteiger partial charge in [-0.05, 0) is 31.2 Å². The first-order chi connectivity index (χ1) is 11.1. The number of aromatic nitrogens is 2. The monoisotopic (exact) mass is 309 g/mol. The van der Waals surface area contributed by atoms with Gasteiger partial charge in [0.25, 0.3) is 5.91 Å².